The van der Waals surface area contributed by atoms with Gasteiger partial charge in [-0.2, -0.15) is 0 Å². The Hall–Kier alpha value is -3.15. The maximum absolute atomic E-state index is 12.6. The van der Waals surface area contributed by atoms with Crippen LogP contribution in [0, 0.1) is 5.92 Å². The first-order valence-electron chi connectivity index (χ1n) is 9.26. The number of anilines is 1. The van der Waals surface area contributed by atoms with Crippen molar-refractivity contribution < 1.29 is 4.79 Å². The molecule has 1 aromatic heterocycles. The fourth-order valence-electron chi connectivity index (χ4n) is 3.55. The lowest BCUT2D eigenvalue weighted by Crippen LogP contribution is -2.44. The van der Waals surface area contributed by atoms with Crippen molar-refractivity contribution in [2.45, 2.75) is 19.4 Å². The Bertz CT molecular complexity index is 1000. The molecule has 2 aromatic carbocycles. The smallest absolute Gasteiger partial charge is 0.291 e. The number of H-pyrrole nitrogens is 1. The van der Waals surface area contributed by atoms with E-state index in [1.54, 1.807) is 0 Å². The number of rotatable bonds is 4. The van der Waals surface area contributed by atoms with Crippen molar-refractivity contribution in [2.75, 3.05) is 18.0 Å². The zero-order chi connectivity index (χ0) is 18.6. The van der Waals surface area contributed by atoms with Gasteiger partial charge in [0, 0.05) is 19.6 Å². The molecule has 0 saturated carbocycles. The van der Waals surface area contributed by atoms with Crippen LogP contribution in [-0.4, -0.2) is 29.0 Å². The van der Waals surface area contributed by atoms with Crippen molar-refractivity contribution in [2.24, 2.45) is 5.92 Å². The van der Waals surface area contributed by atoms with Crippen LogP contribution in [0.1, 0.15) is 18.4 Å². The first kappa shape index (κ1) is 17.3. The Morgan fingerprint density at radius 1 is 1.15 bits per heavy atom. The van der Waals surface area contributed by atoms with Crippen molar-refractivity contribution in [1.29, 1.82) is 0 Å². The highest BCUT2D eigenvalue weighted by atomic mass is 16.2. The molecule has 1 amide bonds. The topological polar surface area (TPSA) is 78.1 Å². The van der Waals surface area contributed by atoms with E-state index in [1.807, 2.05) is 59.5 Å². The monoisotopic (exact) mass is 362 g/mol. The number of benzene rings is 2. The van der Waals surface area contributed by atoms with Crippen LogP contribution < -0.4 is 15.8 Å². The summed E-state index contributed by atoms with van der Waals surface area (Å²) in [5.41, 5.74) is 2.34. The molecule has 2 heterocycles. The molecule has 1 unspecified atom stereocenters. The molecule has 1 saturated heterocycles. The summed E-state index contributed by atoms with van der Waals surface area (Å²) in [5, 5.41) is 3.01. The lowest BCUT2D eigenvalue weighted by atomic mass is 9.97. The van der Waals surface area contributed by atoms with E-state index >= 15 is 0 Å². The molecule has 27 heavy (non-hydrogen) atoms. The van der Waals surface area contributed by atoms with E-state index in [-0.39, 0.29) is 17.4 Å². The number of nitrogens with one attached hydrogen (secondary N) is 2. The van der Waals surface area contributed by atoms with E-state index in [0.717, 1.165) is 36.0 Å². The molecular formula is C21H22N4O2. The van der Waals surface area contributed by atoms with E-state index < -0.39 is 0 Å². The van der Waals surface area contributed by atoms with Gasteiger partial charge in [0.25, 0.3) is 5.56 Å². The van der Waals surface area contributed by atoms with Crippen molar-refractivity contribution in [3.8, 4) is 0 Å². The Kier molecular flexibility index (Phi) is 4.87. The van der Waals surface area contributed by atoms with Crippen molar-refractivity contribution in [3.63, 3.8) is 0 Å². The van der Waals surface area contributed by atoms with E-state index in [0.29, 0.717) is 18.9 Å². The summed E-state index contributed by atoms with van der Waals surface area (Å²) in [7, 11) is 0. The third-order valence-corrected chi connectivity index (χ3v) is 4.98. The van der Waals surface area contributed by atoms with Gasteiger partial charge >= 0.3 is 0 Å². The number of nitrogens with zero attached hydrogens (tertiary/aromatic N) is 2. The molecule has 0 bridgehead atoms. The summed E-state index contributed by atoms with van der Waals surface area (Å²) in [5.74, 6) is 0.283. The number of amides is 1. The van der Waals surface area contributed by atoms with Crippen LogP contribution >= 0.6 is 0 Å². The Balaban J connectivity index is 1.47. The van der Waals surface area contributed by atoms with Crippen LogP contribution in [0.15, 0.2) is 59.4 Å². The molecule has 1 atom stereocenters. The van der Waals surface area contributed by atoms with Crippen LogP contribution in [-0.2, 0) is 11.3 Å². The summed E-state index contributed by atoms with van der Waals surface area (Å²) in [6.45, 7) is 1.76. The van der Waals surface area contributed by atoms with Crippen LogP contribution in [0.25, 0.3) is 11.0 Å². The molecule has 3 aromatic rings. The van der Waals surface area contributed by atoms with Gasteiger partial charge in [-0.25, -0.2) is 4.98 Å². The Morgan fingerprint density at radius 3 is 2.78 bits per heavy atom. The second kappa shape index (κ2) is 7.61. The number of piperidine rings is 1. The number of hydrogen-bond acceptors (Lipinski definition) is 4. The quantitative estimate of drug-likeness (QED) is 0.747. The van der Waals surface area contributed by atoms with Crippen LogP contribution in [0.2, 0.25) is 0 Å². The summed E-state index contributed by atoms with van der Waals surface area (Å²) in [6, 6.07) is 17.3. The molecule has 138 valence electrons. The first-order chi connectivity index (χ1) is 13.2. The van der Waals surface area contributed by atoms with E-state index in [9.17, 15) is 9.59 Å². The number of aromatic amines is 1. The van der Waals surface area contributed by atoms with Gasteiger partial charge in [-0.1, -0.05) is 42.5 Å². The highest BCUT2D eigenvalue weighted by Crippen LogP contribution is 2.21. The number of para-hydroxylation sites is 2. The third kappa shape index (κ3) is 3.84. The molecule has 4 rings (SSSR count). The molecule has 6 nitrogen and oxygen atoms in total. The van der Waals surface area contributed by atoms with Crippen LogP contribution in [0.3, 0.4) is 0 Å². The molecule has 2 N–H and O–H groups in total. The first-order valence-corrected chi connectivity index (χ1v) is 9.26. The molecule has 1 aliphatic rings. The average molecular weight is 362 g/mol. The van der Waals surface area contributed by atoms with E-state index in [1.165, 1.54) is 0 Å². The zero-order valence-corrected chi connectivity index (χ0v) is 15.0. The fourth-order valence-corrected chi connectivity index (χ4v) is 3.55. The van der Waals surface area contributed by atoms with Gasteiger partial charge in [-0.05, 0) is 30.5 Å². The standard InChI is InChI=1S/C21H22N4O2/c26-20(22-13-15-7-2-1-3-8-15)16-9-6-12-25(14-16)19-21(27)24-18-11-5-4-10-17(18)23-19/h1-5,7-8,10-11,16H,6,9,12-14H2,(H,22,26)(H,24,27). The van der Waals surface area contributed by atoms with Gasteiger partial charge in [0.15, 0.2) is 5.82 Å². The number of fused-ring (bicyclic) bond motifs is 1. The Labute approximate surface area is 157 Å². The Morgan fingerprint density at radius 2 is 1.93 bits per heavy atom. The van der Waals surface area contributed by atoms with E-state index in [2.05, 4.69) is 15.3 Å². The van der Waals surface area contributed by atoms with Gasteiger partial charge in [0.2, 0.25) is 5.91 Å². The number of hydrogen-bond donors (Lipinski definition) is 2. The molecule has 1 fully saturated rings. The molecule has 0 aliphatic carbocycles. The summed E-state index contributed by atoms with van der Waals surface area (Å²) < 4.78 is 0. The molecule has 0 radical (unpaired) electrons. The predicted octanol–water partition coefficient (Wildman–Crippen LogP) is 2.46. The van der Waals surface area contributed by atoms with Crippen LogP contribution in [0.5, 0.6) is 0 Å². The second-order valence-electron chi connectivity index (χ2n) is 6.90. The SMILES string of the molecule is O=C(NCc1ccccc1)C1CCCN(c2nc3ccccc3[nH]c2=O)C1. The normalized spacial score (nSPS) is 17.0. The van der Waals surface area contributed by atoms with Crippen molar-refractivity contribution in [1.82, 2.24) is 15.3 Å². The minimum absolute atomic E-state index is 0.0285. The minimum Gasteiger partial charge on any atom is -0.352 e. The molecule has 1 aliphatic heterocycles. The summed E-state index contributed by atoms with van der Waals surface area (Å²) in [4.78, 5) is 34.4. The largest absolute Gasteiger partial charge is 0.352 e. The highest BCUT2D eigenvalue weighted by Gasteiger charge is 2.27. The lowest BCUT2D eigenvalue weighted by Gasteiger charge is -2.32. The van der Waals surface area contributed by atoms with Gasteiger partial charge in [-0.3, -0.25) is 9.59 Å². The van der Waals surface area contributed by atoms with Crippen molar-refractivity contribution in [3.05, 3.63) is 70.5 Å². The molecular weight excluding hydrogens is 340 g/mol. The van der Waals surface area contributed by atoms with Gasteiger partial charge < -0.3 is 15.2 Å². The summed E-state index contributed by atoms with van der Waals surface area (Å²) >= 11 is 0. The summed E-state index contributed by atoms with van der Waals surface area (Å²) in [6.07, 6.45) is 1.68. The molecule has 0 spiro atoms. The number of carbonyl (C=O) groups is 1. The average Bonchev–Trinajstić information content (AvgIpc) is 2.72. The minimum atomic E-state index is -0.209. The maximum Gasteiger partial charge on any atom is 0.291 e. The van der Waals surface area contributed by atoms with E-state index in [4.69, 9.17) is 0 Å². The third-order valence-electron chi connectivity index (χ3n) is 4.98. The second-order valence-corrected chi connectivity index (χ2v) is 6.90. The highest BCUT2D eigenvalue weighted by molar-refractivity contribution is 5.80. The van der Waals surface area contributed by atoms with Crippen molar-refractivity contribution >= 4 is 22.8 Å². The van der Waals surface area contributed by atoms with Gasteiger partial charge in [0.1, 0.15) is 0 Å². The van der Waals surface area contributed by atoms with Gasteiger partial charge in [0.05, 0.1) is 17.0 Å². The van der Waals surface area contributed by atoms with Crippen LogP contribution in [0.4, 0.5) is 5.82 Å². The predicted molar refractivity (Wildman–Crippen MR) is 106 cm³/mol. The number of aromatic nitrogens is 2. The van der Waals surface area contributed by atoms with Gasteiger partial charge in [-0.15, -0.1) is 0 Å². The fraction of sp³-hybridized carbons (Fsp3) is 0.286. The maximum atomic E-state index is 12.6. The number of carbonyl (C=O) groups excluding carboxylic acids is 1. The lowest BCUT2D eigenvalue weighted by molar-refractivity contribution is -0.125. The zero-order valence-electron chi connectivity index (χ0n) is 15.0. The molecule has 6 heteroatoms.